The summed E-state index contributed by atoms with van der Waals surface area (Å²) in [4.78, 5) is 24.4. The molecular weight excluding hydrogens is 308 g/mol. The first kappa shape index (κ1) is 18.0. The molecule has 2 rings (SSSR count). The van der Waals surface area contributed by atoms with Gasteiger partial charge >= 0.3 is 12.0 Å². The van der Waals surface area contributed by atoms with Crippen LogP contribution in [0.1, 0.15) is 37.4 Å². The van der Waals surface area contributed by atoms with Gasteiger partial charge < -0.3 is 20.1 Å². The van der Waals surface area contributed by atoms with Crippen molar-refractivity contribution in [1.29, 1.82) is 0 Å². The molecule has 0 unspecified atom stereocenters. The Bertz CT molecular complexity index is 640. The molecule has 0 saturated carbocycles. The fraction of sp³-hybridized carbons (Fsp3) is 0.444. The van der Waals surface area contributed by atoms with Crippen LogP contribution in [0.5, 0.6) is 0 Å². The van der Waals surface area contributed by atoms with E-state index in [2.05, 4.69) is 10.6 Å². The number of hydrogen-bond acceptors (Lipinski definition) is 4. The molecule has 1 aliphatic rings. The van der Waals surface area contributed by atoms with Gasteiger partial charge in [0.25, 0.3) is 0 Å². The molecule has 2 N–H and O–H groups in total. The number of nitrogens with one attached hydrogen (secondary N) is 2. The van der Waals surface area contributed by atoms with Gasteiger partial charge in [0, 0.05) is 12.3 Å². The molecule has 6 nitrogen and oxygen atoms in total. The van der Waals surface area contributed by atoms with Gasteiger partial charge in [0.1, 0.15) is 6.61 Å². The Morgan fingerprint density at radius 3 is 2.62 bits per heavy atom. The van der Waals surface area contributed by atoms with E-state index in [0.29, 0.717) is 24.5 Å². The number of carbonyl (C=O) groups is 2. The van der Waals surface area contributed by atoms with E-state index < -0.39 is 12.0 Å². The second-order valence-corrected chi connectivity index (χ2v) is 5.68. The van der Waals surface area contributed by atoms with Crippen molar-refractivity contribution in [3.63, 3.8) is 0 Å². The van der Waals surface area contributed by atoms with Crippen LogP contribution in [0.25, 0.3) is 0 Å². The summed E-state index contributed by atoms with van der Waals surface area (Å²) in [6.07, 6.45) is 0.920. The predicted molar refractivity (Wildman–Crippen MR) is 90.4 cm³/mol. The smallest absolute Gasteiger partial charge is 0.338 e. The largest absolute Gasteiger partial charge is 0.460 e. The number of amides is 2. The van der Waals surface area contributed by atoms with E-state index >= 15 is 0 Å². The number of rotatable bonds is 7. The third-order valence-electron chi connectivity index (χ3n) is 3.80. The molecule has 0 bridgehead atoms. The van der Waals surface area contributed by atoms with Gasteiger partial charge in [-0.25, -0.2) is 9.59 Å². The van der Waals surface area contributed by atoms with Gasteiger partial charge in [-0.15, -0.1) is 0 Å². The van der Waals surface area contributed by atoms with Gasteiger partial charge in [0.15, 0.2) is 0 Å². The molecule has 6 heteroatoms. The van der Waals surface area contributed by atoms with Gasteiger partial charge in [-0.2, -0.15) is 0 Å². The van der Waals surface area contributed by atoms with Crippen molar-refractivity contribution in [2.24, 2.45) is 0 Å². The number of esters is 1. The molecule has 1 heterocycles. The third kappa shape index (κ3) is 4.35. The highest BCUT2D eigenvalue weighted by Crippen LogP contribution is 2.29. The Kier molecular flexibility index (Phi) is 6.37. The Morgan fingerprint density at radius 2 is 1.92 bits per heavy atom. The van der Waals surface area contributed by atoms with Crippen LogP contribution >= 0.6 is 0 Å². The number of allylic oxidation sites excluding steroid dienone is 1. The van der Waals surface area contributed by atoms with Gasteiger partial charge in [-0.05, 0) is 31.4 Å². The quantitative estimate of drug-likeness (QED) is 0.594. The first-order valence-corrected chi connectivity index (χ1v) is 8.13. The minimum Gasteiger partial charge on any atom is -0.460 e. The predicted octanol–water partition coefficient (Wildman–Crippen LogP) is 2.59. The summed E-state index contributed by atoms with van der Waals surface area (Å²) < 4.78 is 10.6. The molecule has 0 fully saturated rings. The first-order valence-electron chi connectivity index (χ1n) is 8.13. The molecule has 1 aromatic carbocycles. The Hall–Kier alpha value is -2.34. The van der Waals surface area contributed by atoms with E-state index in [0.717, 1.165) is 17.5 Å². The van der Waals surface area contributed by atoms with Crippen LogP contribution in [0.2, 0.25) is 0 Å². The fourth-order valence-corrected chi connectivity index (χ4v) is 2.63. The molecule has 1 atom stereocenters. The molecule has 0 radical (unpaired) electrons. The number of carbonyl (C=O) groups excluding carboxylic acids is 2. The summed E-state index contributed by atoms with van der Waals surface area (Å²) in [7, 11) is 0. The van der Waals surface area contributed by atoms with E-state index in [1.165, 1.54) is 0 Å². The zero-order valence-corrected chi connectivity index (χ0v) is 14.3. The van der Waals surface area contributed by atoms with Crippen molar-refractivity contribution >= 4 is 12.0 Å². The van der Waals surface area contributed by atoms with Crippen LogP contribution in [0.3, 0.4) is 0 Å². The lowest BCUT2D eigenvalue weighted by atomic mass is 9.92. The molecule has 0 aromatic heterocycles. The molecule has 1 aromatic rings. The second-order valence-electron chi connectivity index (χ2n) is 5.68. The molecule has 0 spiro atoms. The van der Waals surface area contributed by atoms with Gasteiger partial charge in [-0.1, -0.05) is 31.2 Å². The minimum atomic E-state index is -0.524. The maximum Gasteiger partial charge on any atom is 0.338 e. The first-order chi connectivity index (χ1) is 11.5. The van der Waals surface area contributed by atoms with E-state index in [1.807, 2.05) is 38.1 Å². The van der Waals surface area contributed by atoms with Gasteiger partial charge in [-0.3, -0.25) is 0 Å². The van der Waals surface area contributed by atoms with Crippen LogP contribution in [0, 0.1) is 6.92 Å². The topological polar surface area (TPSA) is 76.7 Å². The Labute approximate surface area is 142 Å². The molecule has 1 aliphatic heterocycles. The van der Waals surface area contributed by atoms with E-state index in [1.54, 1.807) is 6.92 Å². The SMILES string of the molecule is CCCOCCOC(=O)C1=C(C)NC(=O)N[C@@H]1c1ccccc1C. The number of benzene rings is 1. The summed E-state index contributed by atoms with van der Waals surface area (Å²) in [6, 6.07) is 6.79. The van der Waals surface area contributed by atoms with Gasteiger partial charge in [0.2, 0.25) is 0 Å². The van der Waals surface area contributed by atoms with Crippen molar-refractivity contribution < 1.29 is 19.1 Å². The van der Waals surface area contributed by atoms with Crippen LogP contribution in [-0.4, -0.2) is 31.8 Å². The lowest BCUT2D eigenvalue weighted by molar-refractivity contribution is -0.141. The third-order valence-corrected chi connectivity index (χ3v) is 3.80. The Balaban J connectivity index is 2.17. The number of hydrogen-bond donors (Lipinski definition) is 2. The average molecular weight is 332 g/mol. The second kappa shape index (κ2) is 8.49. The lowest BCUT2D eigenvalue weighted by Crippen LogP contribution is -2.45. The summed E-state index contributed by atoms with van der Waals surface area (Å²) in [5, 5.41) is 5.44. The highest BCUT2D eigenvalue weighted by Gasteiger charge is 2.32. The zero-order valence-electron chi connectivity index (χ0n) is 14.3. The number of urea groups is 1. The number of ether oxygens (including phenoxy) is 2. The minimum absolute atomic E-state index is 0.185. The molecule has 24 heavy (non-hydrogen) atoms. The van der Waals surface area contributed by atoms with E-state index in [-0.39, 0.29) is 12.6 Å². The highest BCUT2D eigenvalue weighted by atomic mass is 16.6. The summed E-state index contributed by atoms with van der Waals surface area (Å²) in [5.41, 5.74) is 2.79. The standard InChI is InChI=1S/C18H24N2O4/c1-4-9-23-10-11-24-17(21)15-13(3)19-18(22)20-16(15)14-8-6-5-7-12(14)2/h5-8,16H,4,9-11H2,1-3H3,(H2,19,20,22)/t16-/m1/s1. The van der Waals surface area contributed by atoms with Crippen molar-refractivity contribution in [2.45, 2.75) is 33.2 Å². The van der Waals surface area contributed by atoms with Crippen molar-refractivity contribution in [3.8, 4) is 0 Å². The van der Waals surface area contributed by atoms with Crippen molar-refractivity contribution in [1.82, 2.24) is 10.6 Å². The van der Waals surface area contributed by atoms with Crippen LogP contribution in [-0.2, 0) is 14.3 Å². The van der Waals surface area contributed by atoms with Crippen LogP contribution in [0.4, 0.5) is 4.79 Å². The average Bonchev–Trinajstić information content (AvgIpc) is 2.54. The van der Waals surface area contributed by atoms with Gasteiger partial charge in [0.05, 0.1) is 18.2 Å². The summed E-state index contributed by atoms with van der Waals surface area (Å²) in [5.74, 6) is -0.451. The molecule has 0 aliphatic carbocycles. The lowest BCUT2D eigenvalue weighted by Gasteiger charge is -2.29. The van der Waals surface area contributed by atoms with E-state index in [9.17, 15) is 9.59 Å². The normalized spacial score (nSPS) is 17.3. The molecule has 2 amide bonds. The summed E-state index contributed by atoms with van der Waals surface area (Å²) >= 11 is 0. The maximum absolute atomic E-state index is 12.5. The zero-order chi connectivity index (χ0) is 17.5. The molecular formula is C18H24N2O4. The maximum atomic E-state index is 12.5. The van der Waals surface area contributed by atoms with Crippen LogP contribution < -0.4 is 10.6 Å². The van der Waals surface area contributed by atoms with Crippen molar-refractivity contribution in [2.75, 3.05) is 19.8 Å². The van der Waals surface area contributed by atoms with E-state index in [4.69, 9.17) is 9.47 Å². The highest BCUT2D eigenvalue weighted by molar-refractivity contribution is 5.95. The fourth-order valence-electron chi connectivity index (χ4n) is 2.63. The summed E-state index contributed by atoms with van der Waals surface area (Å²) in [6.45, 7) is 6.85. The molecule has 130 valence electrons. The molecule has 0 saturated heterocycles. The van der Waals surface area contributed by atoms with Crippen LogP contribution in [0.15, 0.2) is 35.5 Å². The number of aryl methyl sites for hydroxylation is 1. The monoisotopic (exact) mass is 332 g/mol. The Morgan fingerprint density at radius 1 is 1.17 bits per heavy atom. The van der Waals surface area contributed by atoms with Crippen molar-refractivity contribution in [3.05, 3.63) is 46.7 Å².